The van der Waals surface area contributed by atoms with E-state index >= 15 is 0 Å². The zero-order valence-corrected chi connectivity index (χ0v) is 24.2. The average Bonchev–Trinajstić information content (AvgIpc) is 2.83. The third kappa shape index (κ3) is 20.8. The van der Waals surface area contributed by atoms with Gasteiger partial charge >= 0.3 is 17.9 Å². The Morgan fingerprint density at radius 1 is 0.811 bits per heavy atom. The molecule has 0 heterocycles. The van der Waals surface area contributed by atoms with Crippen LogP contribution in [0.3, 0.4) is 0 Å². The number of rotatable bonds is 24. The number of hydrogen-bond donors (Lipinski definition) is 1. The standard InChI is InChI=1S/C29H53NO7/c1-6-8-9-10-11-12-13-14-15-16-17-18-19-20-28(32)37-25(24-36-27(31)7-2)23-35-22-21-26(29(33)34)30(3,4)5/h12-13,25-26H,6-11,14-24H2,1-5H3/p+1/b13-12-. The molecule has 0 fully saturated rings. The van der Waals surface area contributed by atoms with Crippen LogP contribution in [0.15, 0.2) is 12.2 Å². The topological polar surface area (TPSA) is 99.1 Å². The summed E-state index contributed by atoms with van der Waals surface area (Å²) in [5.74, 6) is -1.59. The Morgan fingerprint density at radius 2 is 1.41 bits per heavy atom. The molecule has 2 atom stereocenters. The van der Waals surface area contributed by atoms with Crippen LogP contribution < -0.4 is 0 Å². The number of nitrogens with zero attached hydrogens (tertiary/aromatic N) is 1. The Labute approximate surface area is 225 Å². The lowest BCUT2D eigenvalue weighted by atomic mass is 10.1. The molecule has 0 bridgehead atoms. The van der Waals surface area contributed by atoms with Crippen LogP contribution in [-0.4, -0.2) is 80.6 Å². The van der Waals surface area contributed by atoms with Gasteiger partial charge in [-0.25, -0.2) is 4.79 Å². The second kappa shape index (κ2) is 22.1. The lowest BCUT2D eigenvalue weighted by Crippen LogP contribution is -2.50. The first-order valence-electron chi connectivity index (χ1n) is 14.2. The van der Waals surface area contributed by atoms with Crippen molar-refractivity contribution in [1.29, 1.82) is 0 Å². The van der Waals surface area contributed by atoms with Gasteiger partial charge in [0, 0.05) is 19.3 Å². The van der Waals surface area contributed by atoms with Crippen molar-refractivity contribution in [3.05, 3.63) is 12.2 Å². The Kier molecular flexibility index (Phi) is 20.9. The number of ether oxygens (including phenoxy) is 3. The minimum atomic E-state index is -0.884. The molecule has 0 aliphatic heterocycles. The van der Waals surface area contributed by atoms with Gasteiger partial charge in [-0.2, -0.15) is 0 Å². The van der Waals surface area contributed by atoms with E-state index < -0.39 is 18.1 Å². The number of hydrogen-bond acceptors (Lipinski definition) is 6. The van der Waals surface area contributed by atoms with Gasteiger partial charge in [0.2, 0.25) is 0 Å². The van der Waals surface area contributed by atoms with E-state index in [-0.39, 0.29) is 42.7 Å². The van der Waals surface area contributed by atoms with Crippen LogP contribution in [0.5, 0.6) is 0 Å². The number of allylic oxidation sites excluding steroid dienone is 2. The predicted octanol–water partition coefficient (Wildman–Crippen LogP) is 5.67. The fourth-order valence-electron chi connectivity index (χ4n) is 3.89. The largest absolute Gasteiger partial charge is 0.477 e. The highest BCUT2D eigenvalue weighted by molar-refractivity contribution is 5.72. The van der Waals surface area contributed by atoms with Gasteiger partial charge in [-0.05, 0) is 32.1 Å². The maximum atomic E-state index is 12.3. The molecule has 0 rings (SSSR count). The molecular weight excluding hydrogens is 474 g/mol. The summed E-state index contributed by atoms with van der Waals surface area (Å²) in [6, 6.07) is -0.606. The third-order valence-corrected chi connectivity index (χ3v) is 6.22. The number of quaternary nitrogens is 1. The molecule has 216 valence electrons. The zero-order valence-electron chi connectivity index (χ0n) is 24.2. The van der Waals surface area contributed by atoms with Gasteiger partial charge in [0.1, 0.15) is 6.61 Å². The lowest BCUT2D eigenvalue weighted by molar-refractivity contribution is -0.887. The van der Waals surface area contributed by atoms with Gasteiger partial charge in [0.05, 0.1) is 34.4 Å². The van der Waals surface area contributed by atoms with E-state index in [9.17, 15) is 19.5 Å². The fraction of sp³-hybridized carbons (Fsp3) is 0.828. The van der Waals surface area contributed by atoms with E-state index in [1.807, 2.05) is 21.1 Å². The van der Waals surface area contributed by atoms with Crippen LogP contribution in [0.25, 0.3) is 0 Å². The molecule has 0 radical (unpaired) electrons. The monoisotopic (exact) mass is 528 g/mol. The van der Waals surface area contributed by atoms with Crippen LogP contribution in [-0.2, 0) is 28.6 Å². The Morgan fingerprint density at radius 3 is 1.97 bits per heavy atom. The van der Waals surface area contributed by atoms with Crippen molar-refractivity contribution < 1.29 is 38.2 Å². The van der Waals surface area contributed by atoms with Crippen molar-refractivity contribution in [3.8, 4) is 0 Å². The fourth-order valence-corrected chi connectivity index (χ4v) is 3.89. The average molecular weight is 529 g/mol. The zero-order chi connectivity index (χ0) is 27.9. The summed E-state index contributed by atoms with van der Waals surface area (Å²) in [6.45, 7) is 4.12. The molecule has 8 heteroatoms. The Balaban J connectivity index is 4.19. The van der Waals surface area contributed by atoms with Crippen LogP contribution >= 0.6 is 0 Å². The molecule has 0 aromatic carbocycles. The molecule has 37 heavy (non-hydrogen) atoms. The Hall–Kier alpha value is -1.93. The number of carboxylic acid groups (broad SMARTS) is 1. The maximum absolute atomic E-state index is 12.3. The highest BCUT2D eigenvalue weighted by Crippen LogP contribution is 2.11. The Bertz CT molecular complexity index is 643. The van der Waals surface area contributed by atoms with Crippen LogP contribution in [0.2, 0.25) is 0 Å². The molecule has 2 unspecified atom stereocenters. The summed E-state index contributed by atoms with van der Waals surface area (Å²) < 4.78 is 16.5. The second-order valence-electron chi connectivity index (χ2n) is 10.6. The summed E-state index contributed by atoms with van der Waals surface area (Å²) >= 11 is 0. The highest BCUT2D eigenvalue weighted by Gasteiger charge is 2.31. The molecule has 0 spiro atoms. The smallest absolute Gasteiger partial charge is 0.362 e. The van der Waals surface area contributed by atoms with Crippen molar-refractivity contribution >= 4 is 17.9 Å². The first kappa shape index (κ1) is 35.1. The number of esters is 2. The molecule has 0 amide bonds. The number of carbonyl (C=O) groups excluding carboxylic acids is 2. The van der Waals surface area contributed by atoms with E-state index in [2.05, 4.69) is 19.1 Å². The number of unbranched alkanes of at least 4 members (excludes halogenated alkanes) is 9. The first-order valence-corrected chi connectivity index (χ1v) is 14.2. The number of aliphatic carboxylic acids is 1. The van der Waals surface area contributed by atoms with E-state index in [0.29, 0.717) is 12.8 Å². The minimum Gasteiger partial charge on any atom is -0.477 e. The summed E-state index contributed by atoms with van der Waals surface area (Å²) in [5.41, 5.74) is 0. The molecule has 0 aliphatic carbocycles. The van der Waals surface area contributed by atoms with Gasteiger partial charge in [-0.3, -0.25) is 9.59 Å². The summed E-state index contributed by atoms with van der Waals surface area (Å²) in [7, 11) is 5.46. The van der Waals surface area contributed by atoms with Gasteiger partial charge in [-0.1, -0.05) is 64.5 Å². The van der Waals surface area contributed by atoms with E-state index in [4.69, 9.17) is 14.2 Å². The summed E-state index contributed by atoms with van der Waals surface area (Å²) in [5, 5.41) is 9.43. The van der Waals surface area contributed by atoms with Crippen molar-refractivity contribution in [2.24, 2.45) is 0 Å². The van der Waals surface area contributed by atoms with Gasteiger partial charge < -0.3 is 23.8 Å². The first-order chi connectivity index (χ1) is 17.6. The van der Waals surface area contributed by atoms with Crippen LogP contribution in [0, 0.1) is 0 Å². The third-order valence-electron chi connectivity index (χ3n) is 6.22. The molecule has 0 aliphatic rings. The van der Waals surface area contributed by atoms with Crippen molar-refractivity contribution in [3.63, 3.8) is 0 Å². The van der Waals surface area contributed by atoms with Gasteiger partial charge in [0.15, 0.2) is 12.1 Å². The quantitative estimate of drug-likeness (QED) is 0.0745. The molecular formula is C29H54NO7+. The molecule has 0 aromatic heterocycles. The molecule has 0 saturated carbocycles. The van der Waals surface area contributed by atoms with Crippen molar-refractivity contribution in [2.45, 2.75) is 116 Å². The summed E-state index contributed by atoms with van der Waals surface area (Å²) in [6.07, 6.45) is 17.5. The second-order valence-corrected chi connectivity index (χ2v) is 10.6. The van der Waals surface area contributed by atoms with Crippen LogP contribution in [0.1, 0.15) is 104 Å². The SMILES string of the molecule is CCCCCC/C=C\CCCCCCCC(=O)OC(COCCC(C(=O)O)[N+](C)(C)C)COC(=O)CC. The van der Waals surface area contributed by atoms with E-state index in [1.165, 1.54) is 38.5 Å². The van der Waals surface area contributed by atoms with Gasteiger partial charge in [-0.15, -0.1) is 0 Å². The van der Waals surface area contributed by atoms with Crippen LogP contribution in [0.4, 0.5) is 0 Å². The summed E-state index contributed by atoms with van der Waals surface area (Å²) in [4.78, 5) is 35.4. The normalized spacial score (nSPS) is 13.4. The van der Waals surface area contributed by atoms with Gasteiger partial charge in [0.25, 0.3) is 0 Å². The highest BCUT2D eigenvalue weighted by atomic mass is 16.6. The lowest BCUT2D eigenvalue weighted by Gasteiger charge is -2.31. The molecule has 8 nitrogen and oxygen atoms in total. The van der Waals surface area contributed by atoms with E-state index in [0.717, 1.165) is 32.1 Å². The number of carboxylic acids is 1. The molecule has 0 saturated heterocycles. The molecule has 0 aromatic rings. The van der Waals surface area contributed by atoms with Crippen molar-refractivity contribution in [2.75, 3.05) is 41.0 Å². The maximum Gasteiger partial charge on any atom is 0.362 e. The number of carbonyl (C=O) groups is 3. The number of likely N-dealkylation sites (N-methyl/N-ethyl adjacent to an activating group) is 1. The minimum absolute atomic E-state index is 0.0539. The van der Waals surface area contributed by atoms with E-state index in [1.54, 1.807) is 6.92 Å². The van der Waals surface area contributed by atoms with Crippen molar-refractivity contribution in [1.82, 2.24) is 0 Å². The molecule has 1 N–H and O–H groups in total. The predicted molar refractivity (Wildman–Crippen MR) is 146 cm³/mol.